The van der Waals surface area contributed by atoms with Crippen molar-refractivity contribution in [2.75, 3.05) is 6.61 Å². The van der Waals surface area contributed by atoms with E-state index in [2.05, 4.69) is 27.9 Å². The van der Waals surface area contributed by atoms with Gasteiger partial charge >= 0.3 is 0 Å². The first kappa shape index (κ1) is 11.6. The minimum atomic E-state index is 0.502. The van der Waals surface area contributed by atoms with Crippen molar-refractivity contribution >= 4 is 17.4 Å². The fourth-order valence-corrected chi connectivity index (χ4v) is 1.84. The Morgan fingerprint density at radius 2 is 2.18 bits per heavy atom. The first-order valence-electron chi connectivity index (χ1n) is 5.79. The highest BCUT2D eigenvalue weighted by Crippen LogP contribution is 2.14. The quantitative estimate of drug-likeness (QED) is 0.564. The SMILES string of the molecule is O=COCCCCc1ccc2ncccc2c1. The van der Waals surface area contributed by atoms with Crippen molar-refractivity contribution in [1.82, 2.24) is 4.98 Å². The molecule has 0 amide bonds. The minimum Gasteiger partial charge on any atom is -0.468 e. The van der Waals surface area contributed by atoms with Gasteiger partial charge in [0.25, 0.3) is 6.47 Å². The van der Waals surface area contributed by atoms with E-state index in [4.69, 9.17) is 0 Å². The third-order valence-electron chi connectivity index (χ3n) is 2.71. The number of pyridine rings is 1. The first-order chi connectivity index (χ1) is 8.40. The van der Waals surface area contributed by atoms with Crippen molar-refractivity contribution in [3.05, 3.63) is 42.1 Å². The van der Waals surface area contributed by atoms with Crippen molar-refractivity contribution in [3.63, 3.8) is 0 Å². The zero-order chi connectivity index (χ0) is 11.9. The first-order valence-corrected chi connectivity index (χ1v) is 5.79. The number of nitrogens with zero attached hydrogens (tertiary/aromatic N) is 1. The topological polar surface area (TPSA) is 39.2 Å². The van der Waals surface area contributed by atoms with E-state index in [0.29, 0.717) is 13.1 Å². The van der Waals surface area contributed by atoms with Crippen LogP contribution in [0.3, 0.4) is 0 Å². The van der Waals surface area contributed by atoms with Gasteiger partial charge in [-0.05, 0) is 43.0 Å². The van der Waals surface area contributed by atoms with E-state index in [1.807, 2.05) is 12.1 Å². The van der Waals surface area contributed by atoms with Crippen LogP contribution in [-0.2, 0) is 16.0 Å². The predicted octanol–water partition coefficient (Wildman–Crippen LogP) is 2.73. The van der Waals surface area contributed by atoms with Gasteiger partial charge in [-0.25, -0.2) is 0 Å². The number of hydrogen-bond acceptors (Lipinski definition) is 3. The molecule has 0 unspecified atom stereocenters. The second-order valence-corrected chi connectivity index (χ2v) is 3.95. The van der Waals surface area contributed by atoms with E-state index < -0.39 is 0 Å². The molecule has 3 nitrogen and oxygen atoms in total. The fraction of sp³-hybridized carbons (Fsp3) is 0.286. The van der Waals surface area contributed by atoms with Crippen LogP contribution in [0.4, 0.5) is 0 Å². The molecule has 0 atom stereocenters. The van der Waals surface area contributed by atoms with Crippen LogP contribution in [0, 0.1) is 0 Å². The van der Waals surface area contributed by atoms with E-state index in [0.717, 1.165) is 24.8 Å². The second-order valence-electron chi connectivity index (χ2n) is 3.95. The highest BCUT2D eigenvalue weighted by atomic mass is 16.5. The molecule has 0 saturated heterocycles. The molecule has 0 aliphatic heterocycles. The minimum absolute atomic E-state index is 0.502. The summed E-state index contributed by atoms with van der Waals surface area (Å²) in [5.74, 6) is 0. The summed E-state index contributed by atoms with van der Waals surface area (Å²) in [7, 11) is 0. The lowest BCUT2D eigenvalue weighted by atomic mass is 10.1. The van der Waals surface area contributed by atoms with Gasteiger partial charge in [0.05, 0.1) is 12.1 Å². The number of unbranched alkanes of at least 4 members (excludes halogenated alkanes) is 1. The van der Waals surface area contributed by atoms with Crippen LogP contribution in [0.5, 0.6) is 0 Å². The van der Waals surface area contributed by atoms with Gasteiger partial charge in [-0.1, -0.05) is 12.1 Å². The molecule has 0 aliphatic carbocycles. The van der Waals surface area contributed by atoms with Crippen molar-refractivity contribution in [1.29, 1.82) is 0 Å². The van der Waals surface area contributed by atoms with E-state index in [-0.39, 0.29) is 0 Å². The standard InChI is InChI=1S/C14H15NO2/c16-11-17-9-2-1-4-12-6-7-14-13(10-12)5-3-8-15-14/h3,5-8,10-11H,1-2,4,9H2. The smallest absolute Gasteiger partial charge is 0.293 e. The maximum Gasteiger partial charge on any atom is 0.293 e. The van der Waals surface area contributed by atoms with Gasteiger partial charge in [0.2, 0.25) is 0 Å². The zero-order valence-corrected chi connectivity index (χ0v) is 9.63. The Kier molecular flexibility index (Phi) is 4.08. The normalized spacial score (nSPS) is 10.4. The number of fused-ring (bicyclic) bond motifs is 1. The van der Waals surface area contributed by atoms with Gasteiger partial charge in [-0.3, -0.25) is 9.78 Å². The van der Waals surface area contributed by atoms with Crippen LogP contribution < -0.4 is 0 Å². The lowest BCUT2D eigenvalue weighted by Gasteiger charge is -2.03. The average molecular weight is 229 g/mol. The molecule has 0 radical (unpaired) electrons. The summed E-state index contributed by atoms with van der Waals surface area (Å²) in [6.45, 7) is 1.01. The number of benzene rings is 1. The summed E-state index contributed by atoms with van der Waals surface area (Å²) in [6, 6.07) is 10.3. The maximum atomic E-state index is 9.96. The molecule has 3 heteroatoms. The Balaban J connectivity index is 1.92. The van der Waals surface area contributed by atoms with Crippen LogP contribution in [0.1, 0.15) is 18.4 Å². The third kappa shape index (κ3) is 3.28. The van der Waals surface area contributed by atoms with Gasteiger partial charge in [-0.15, -0.1) is 0 Å². The Labute approximate surface area is 100 Å². The Bertz CT molecular complexity index is 496. The summed E-state index contributed by atoms with van der Waals surface area (Å²) in [6.07, 6.45) is 4.75. The Morgan fingerprint density at radius 1 is 1.24 bits per heavy atom. The van der Waals surface area contributed by atoms with Gasteiger partial charge in [0.1, 0.15) is 0 Å². The lowest BCUT2D eigenvalue weighted by Crippen LogP contribution is -1.93. The van der Waals surface area contributed by atoms with Crippen molar-refractivity contribution in [2.24, 2.45) is 0 Å². The highest BCUT2D eigenvalue weighted by Gasteiger charge is 1.97. The summed E-state index contributed by atoms with van der Waals surface area (Å²) in [5.41, 5.74) is 2.33. The summed E-state index contributed by atoms with van der Waals surface area (Å²) in [4.78, 5) is 14.2. The van der Waals surface area contributed by atoms with Gasteiger partial charge < -0.3 is 4.74 Å². The molecule has 2 aromatic rings. The van der Waals surface area contributed by atoms with Crippen LogP contribution in [0.15, 0.2) is 36.5 Å². The molecule has 2 rings (SSSR count). The van der Waals surface area contributed by atoms with E-state index in [1.165, 1.54) is 10.9 Å². The van der Waals surface area contributed by atoms with Crippen LogP contribution in [0.25, 0.3) is 10.9 Å². The van der Waals surface area contributed by atoms with E-state index >= 15 is 0 Å². The molecule has 1 heterocycles. The molecule has 17 heavy (non-hydrogen) atoms. The second kappa shape index (κ2) is 5.99. The number of aromatic nitrogens is 1. The number of carbonyl (C=O) groups is 1. The zero-order valence-electron chi connectivity index (χ0n) is 9.63. The highest BCUT2D eigenvalue weighted by molar-refractivity contribution is 5.78. The average Bonchev–Trinajstić information content (AvgIpc) is 2.38. The molecule has 1 aromatic carbocycles. The molecule has 0 saturated carbocycles. The van der Waals surface area contributed by atoms with Gasteiger partial charge in [0.15, 0.2) is 0 Å². The number of ether oxygens (including phenoxy) is 1. The summed E-state index contributed by atoms with van der Waals surface area (Å²) >= 11 is 0. The fourth-order valence-electron chi connectivity index (χ4n) is 1.84. The summed E-state index contributed by atoms with van der Waals surface area (Å²) < 4.78 is 4.65. The number of aryl methyl sites for hydroxylation is 1. The van der Waals surface area contributed by atoms with E-state index in [1.54, 1.807) is 6.20 Å². The molecular weight excluding hydrogens is 214 g/mol. The number of hydrogen-bond donors (Lipinski definition) is 0. The molecular formula is C14H15NO2. The Hall–Kier alpha value is -1.90. The largest absolute Gasteiger partial charge is 0.468 e. The van der Waals surface area contributed by atoms with Crippen molar-refractivity contribution in [2.45, 2.75) is 19.3 Å². The number of carbonyl (C=O) groups excluding carboxylic acids is 1. The third-order valence-corrected chi connectivity index (χ3v) is 2.71. The predicted molar refractivity (Wildman–Crippen MR) is 66.7 cm³/mol. The van der Waals surface area contributed by atoms with Gasteiger partial charge in [0, 0.05) is 11.6 Å². The molecule has 1 aromatic heterocycles. The van der Waals surface area contributed by atoms with Crippen molar-refractivity contribution < 1.29 is 9.53 Å². The lowest BCUT2D eigenvalue weighted by molar-refractivity contribution is -0.128. The maximum absolute atomic E-state index is 9.96. The molecule has 0 fully saturated rings. The van der Waals surface area contributed by atoms with E-state index in [9.17, 15) is 4.79 Å². The molecule has 0 spiro atoms. The molecule has 0 bridgehead atoms. The molecule has 88 valence electrons. The van der Waals surface area contributed by atoms with Crippen LogP contribution in [0.2, 0.25) is 0 Å². The van der Waals surface area contributed by atoms with Crippen LogP contribution >= 0.6 is 0 Å². The molecule has 0 aliphatic rings. The van der Waals surface area contributed by atoms with Crippen LogP contribution in [-0.4, -0.2) is 18.1 Å². The number of rotatable bonds is 6. The monoisotopic (exact) mass is 229 g/mol. The van der Waals surface area contributed by atoms with Gasteiger partial charge in [-0.2, -0.15) is 0 Å². The summed E-state index contributed by atoms with van der Waals surface area (Å²) in [5, 5.41) is 1.18. The Morgan fingerprint density at radius 3 is 3.06 bits per heavy atom. The van der Waals surface area contributed by atoms with Crippen molar-refractivity contribution in [3.8, 4) is 0 Å². The molecule has 0 N–H and O–H groups in total.